The molecule has 1 N–H and O–H groups in total. The second-order valence-electron chi connectivity index (χ2n) is 8.26. The van der Waals surface area contributed by atoms with Crippen LogP contribution in [0.15, 0.2) is 0 Å². The number of Topliss-reactive ketones (excluding diaryl/α,β-unsaturated/α-hetero) is 2. The van der Waals surface area contributed by atoms with Crippen LogP contribution < -0.4 is 0 Å². The summed E-state index contributed by atoms with van der Waals surface area (Å²) < 4.78 is 0. The maximum Gasteiger partial charge on any atom is 0.139 e. The summed E-state index contributed by atoms with van der Waals surface area (Å²) in [6.07, 6.45) is 6.71. The number of aliphatic hydroxyl groups excluding tert-OH is 1. The van der Waals surface area contributed by atoms with Crippen LogP contribution in [0.3, 0.4) is 0 Å². The largest absolute Gasteiger partial charge is 0.393 e. The van der Waals surface area contributed by atoms with E-state index in [1.807, 2.05) is 0 Å². The number of carbonyl (C=O) groups is 2. The lowest BCUT2D eigenvalue weighted by atomic mass is 9.50. The van der Waals surface area contributed by atoms with Crippen LogP contribution in [-0.4, -0.2) is 22.8 Å². The molecule has 0 aliphatic heterocycles. The molecule has 116 valence electrons. The van der Waals surface area contributed by atoms with Gasteiger partial charge in [0, 0.05) is 24.7 Å². The van der Waals surface area contributed by atoms with Crippen molar-refractivity contribution in [3.8, 4) is 0 Å². The molecule has 0 heterocycles. The first-order chi connectivity index (χ1) is 10.0. The molecule has 0 radical (unpaired) electrons. The molecule has 4 aliphatic rings. The summed E-state index contributed by atoms with van der Waals surface area (Å²) in [6.45, 7) is 2.17. The minimum atomic E-state index is -0.321. The number of carbonyl (C=O) groups excluding carboxylic acids is 2. The van der Waals surface area contributed by atoms with Crippen LogP contribution in [-0.2, 0) is 9.59 Å². The van der Waals surface area contributed by atoms with Gasteiger partial charge in [-0.3, -0.25) is 9.59 Å². The lowest BCUT2D eigenvalue weighted by molar-refractivity contribution is -0.143. The highest BCUT2D eigenvalue weighted by molar-refractivity contribution is 5.87. The smallest absolute Gasteiger partial charge is 0.139 e. The van der Waals surface area contributed by atoms with E-state index in [2.05, 4.69) is 6.92 Å². The zero-order valence-corrected chi connectivity index (χ0v) is 12.9. The summed E-state index contributed by atoms with van der Waals surface area (Å²) >= 11 is 0. The Balaban J connectivity index is 1.63. The molecule has 0 bridgehead atoms. The third-order valence-electron chi connectivity index (χ3n) is 7.53. The lowest BCUT2D eigenvalue weighted by Gasteiger charge is -2.55. The van der Waals surface area contributed by atoms with E-state index in [0.717, 1.165) is 38.5 Å². The van der Waals surface area contributed by atoms with Crippen molar-refractivity contribution < 1.29 is 14.7 Å². The van der Waals surface area contributed by atoms with Crippen molar-refractivity contribution in [3.63, 3.8) is 0 Å². The average Bonchev–Trinajstić information content (AvgIpc) is 2.76. The van der Waals surface area contributed by atoms with Gasteiger partial charge in [0.2, 0.25) is 0 Å². The van der Waals surface area contributed by atoms with Crippen molar-refractivity contribution in [3.05, 3.63) is 0 Å². The third kappa shape index (κ3) is 1.89. The Morgan fingerprint density at radius 1 is 1.00 bits per heavy atom. The van der Waals surface area contributed by atoms with Crippen LogP contribution in [0.25, 0.3) is 0 Å². The van der Waals surface area contributed by atoms with Crippen LogP contribution in [0.4, 0.5) is 0 Å². The Morgan fingerprint density at radius 2 is 1.76 bits per heavy atom. The van der Waals surface area contributed by atoms with E-state index >= 15 is 0 Å². The highest BCUT2D eigenvalue weighted by atomic mass is 16.3. The molecule has 4 rings (SSSR count). The first kappa shape index (κ1) is 13.9. The van der Waals surface area contributed by atoms with Gasteiger partial charge in [0.15, 0.2) is 0 Å². The molecule has 4 fully saturated rings. The van der Waals surface area contributed by atoms with Crippen molar-refractivity contribution in [2.24, 2.45) is 35.0 Å². The Kier molecular flexibility index (Phi) is 3.08. The van der Waals surface area contributed by atoms with Crippen molar-refractivity contribution in [1.82, 2.24) is 0 Å². The molecule has 0 spiro atoms. The van der Waals surface area contributed by atoms with Crippen LogP contribution in [0.2, 0.25) is 0 Å². The van der Waals surface area contributed by atoms with Gasteiger partial charge in [0.1, 0.15) is 11.6 Å². The topological polar surface area (TPSA) is 54.4 Å². The molecule has 7 atom stereocenters. The fraction of sp³-hybridized carbons (Fsp3) is 0.889. The van der Waals surface area contributed by atoms with E-state index in [1.165, 1.54) is 0 Å². The molecule has 3 heteroatoms. The molecule has 4 aliphatic carbocycles. The predicted octanol–water partition coefficient (Wildman–Crippen LogP) is 2.75. The number of ketones is 2. The first-order valence-corrected chi connectivity index (χ1v) is 8.74. The first-order valence-electron chi connectivity index (χ1n) is 8.74. The molecule has 4 saturated carbocycles. The van der Waals surface area contributed by atoms with E-state index in [-0.39, 0.29) is 17.4 Å². The minimum absolute atomic E-state index is 0.113. The van der Waals surface area contributed by atoms with Crippen LogP contribution >= 0.6 is 0 Å². The van der Waals surface area contributed by atoms with Gasteiger partial charge in [-0.2, -0.15) is 0 Å². The second-order valence-corrected chi connectivity index (χ2v) is 8.26. The van der Waals surface area contributed by atoms with Crippen molar-refractivity contribution in [1.29, 1.82) is 0 Å². The molecule has 21 heavy (non-hydrogen) atoms. The number of aliphatic hydroxyl groups is 1. The molecule has 0 saturated heterocycles. The normalized spacial score (nSPS) is 53.0. The molecule has 0 aromatic rings. The van der Waals surface area contributed by atoms with Crippen molar-refractivity contribution >= 4 is 11.6 Å². The van der Waals surface area contributed by atoms with Gasteiger partial charge in [-0.1, -0.05) is 6.92 Å². The Bertz CT molecular complexity index is 485. The zero-order chi connectivity index (χ0) is 14.8. The minimum Gasteiger partial charge on any atom is -0.393 e. The van der Waals surface area contributed by atoms with Crippen molar-refractivity contribution in [2.45, 2.75) is 64.4 Å². The molecule has 0 aromatic carbocycles. The molecule has 0 aromatic heterocycles. The SMILES string of the molecule is CC12CC[C@@H]3C4CCC(=O)CC4[C@H](O)C[C@H]3[C@@H]1CCC2=O. The summed E-state index contributed by atoms with van der Waals surface area (Å²) in [7, 11) is 0. The Labute approximate surface area is 126 Å². The highest BCUT2D eigenvalue weighted by Crippen LogP contribution is 2.61. The Hall–Kier alpha value is -0.700. The fourth-order valence-corrected chi connectivity index (χ4v) is 6.42. The third-order valence-corrected chi connectivity index (χ3v) is 7.53. The summed E-state index contributed by atoms with van der Waals surface area (Å²) in [5.74, 6) is 3.17. The molecule has 0 amide bonds. The number of rotatable bonds is 0. The van der Waals surface area contributed by atoms with Gasteiger partial charge in [-0.15, -0.1) is 0 Å². The predicted molar refractivity (Wildman–Crippen MR) is 78.5 cm³/mol. The van der Waals surface area contributed by atoms with Crippen LogP contribution in [0, 0.1) is 35.0 Å². The maximum absolute atomic E-state index is 12.3. The van der Waals surface area contributed by atoms with E-state index in [0.29, 0.717) is 48.1 Å². The average molecular weight is 290 g/mol. The maximum atomic E-state index is 12.3. The molecular formula is C18H26O3. The number of hydrogen-bond acceptors (Lipinski definition) is 3. The summed E-state index contributed by atoms with van der Waals surface area (Å²) in [5.41, 5.74) is -0.113. The van der Waals surface area contributed by atoms with Gasteiger partial charge in [-0.25, -0.2) is 0 Å². The Morgan fingerprint density at radius 3 is 2.57 bits per heavy atom. The lowest BCUT2D eigenvalue weighted by Crippen LogP contribution is -2.53. The molecule has 3 unspecified atom stereocenters. The summed E-state index contributed by atoms with van der Waals surface area (Å²) in [6, 6.07) is 0. The van der Waals surface area contributed by atoms with Gasteiger partial charge in [0.25, 0.3) is 0 Å². The monoisotopic (exact) mass is 290 g/mol. The standard InChI is InChI=1S/C18H26O3/c1-18-7-6-12-11-3-2-10(19)8-14(11)16(20)9-13(12)15(18)4-5-17(18)21/h11-16,20H,2-9H2,1H3/t11?,12-,13-,14?,15+,16-,18?/m1/s1. The van der Waals surface area contributed by atoms with Gasteiger partial charge in [0.05, 0.1) is 6.10 Å². The van der Waals surface area contributed by atoms with Crippen molar-refractivity contribution in [2.75, 3.05) is 0 Å². The summed E-state index contributed by atoms with van der Waals surface area (Å²) in [4.78, 5) is 24.0. The van der Waals surface area contributed by atoms with Gasteiger partial charge in [-0.05, 0) is 61.7 Å². The molecular weight excluding hydrogens is 264 g/mol. The van der Waals surface area contributed by atoms with E-state index in [9.17, 15) is 14.7 Å². The van der Waals surface area contributed by atoms with E-state index in [1.54, 1.807) is 0 Å². The highest BCUT2D eigenvalue weighted by Gasteiger charge is 2.58. The van der Waals surface area contributed by atoms with Gasteiger partial charge >= 0.3 is 0 Å². The summed E-state index contributed by atoms with van der Waals surface area (Å²) in [5, 5.41) is 10.6. The molecule has 3 nitrogen and oxygen atoms in total. The second kappa shape index (κ2) is 4.65. The number of fused-ring (bicyclic) bond motifs is 5. The quantitative estimate of drug-likeness (QED) is 0.746. The van der Waals surface area contributed by atoms with E-state index in [4.69, 9.17) is 0 Å². The number of hydrogen-bond donors (Lipinski definition) is 1. The van der Waals surface area contributed by atoms with Crippen LogP contribution in [0.5, 0.6) is 0 Å². The van der Waals surface area contributed by atoms with Crippen LogP contribution in [0.1, 0.15) is 58.3 Å². The van der Waals surface area contributed by atoms with E-state index < -0.39 is 0 Å². The fourth-order valence-electron chi connectivity index (χ4n) is 6.42. The zero-order valence-electron chi connectivity index (χ0n) is 12.9. The van der Waals surface area contributed by atoms with Gasteiger partial charge < -0.3 is 5.11 Å².